The highest BCUT2D eigenvalue weighted by Gasteiger charge is 2.59. The van der Waals surface area contributed by atoms with Crippen molar-refractivity contribution < 1.29 is 19.0 Å². The van der Waals surface area contributed by atoms with E-state index in [1.807, 2.05) is 32.1 Å². The lowest BCUT2D eigenvalue weighted by Crippen LogP contribution is -2.45. The lowest BCUT2D eigenvalue weighted by molar-refractivity contribution is -0.235. The van der Waals surface area contributed by atoms with E-state index >= 15 is 0 Å². The van der Waals surface area contributed by atoms with Crippen LogP contribution in [0.4, 0.5) is 0 Å². The largest absolute Gasteiger partial charge is 0.465 e. The number of ketones is 1. The van der Waals surface area contributed by atoms with Crippen LogP contribution in [0, 0.1) is 5.92 Å². The minimum absolute atomic E-state index is 0.0162. The van der Waals surface area contributed by atoms with Gasteiger partial charge < -0.3 is 14.2 Å². The lowest BCUT2D eigenvalue weighted by atomic mass is 9.72. The SMILES string of the molecule is CC=CC1=CC2=CC(=O)C3(C)OC(CCCCCCC)(OC)CC3C2=CO1. The van der Waals surface area contributed by atoms with Gasteiger partial charge in [-0.1, -0.05) is 38.7 Å². The molecule has 1 aliphatic carbocycles. The number of fused-ring (bicyclic) bond motifs is 3. The van der Waals surface area contributed by atoms with Crippen LogP contribution in [-0.4, -0.2) is 24.3 Å². The Kier molecular flexibility index (Phi) is 6.07. The van der Waals surface area contributed by atoms with Crippen molar-refractivity contribution in [2.45, 2.75) is 77.1 Å². The Morgan fingerprint density at radius 3 is 2.74 bits per heavy atom. The number of ether oxygens (including phenoxy) is 3. The van der Waals surface area contributed by atoms with E-state index in [2.05, 4.69) is 6.92 Å². The summed E-state index contributed by atoms with van der Waals surface area (Å²) in [6.07, 6.45) is 16.7. The molecule has 4 heteroatoms. The number of hydrogen-bond donors (Lipinski definition) is 0. The van der Waals surface area contributed by atoms with Crippen molar-refractivity contribution in [2.24, 2.45) is 5.92 Å². The summed E-state index contributed by atoms with van der Waals surface area (Å²) in [5.41, 5.74) is 1.08. The molecule has 0 aromatic rings. The van der Waals surface area contributed by atoms with Crippen LogP contribution in [0.5, 0.6) is 0 Å². The predicted octanol–water partition coefficient (Wildman–Crippen LogP) is 5.37. The van der Waals surface area contributed by atoms with Crippen molar-refractivity contribution in [3.63, 3.8) is 0 Å². The van der Waals surface area contributed by atoms with Crippen LogP contribution in [0.3, 0.4) is 0 Å². The number of carbonyl (C=O) groups excluding carboxylic acids is 1. The number of methoxy groups -OCH3 is 1. The van der Waals surface area contributed by atoms with Gasteiger partial charge in [0.25, 0.3) is 0 Å². The molecule has 2 aliphatic heterocycles. The van der Waals surface area contributed by atoms with Gasteiger partial charge in [0.15, 0.2) is 11.6 Å². The van der Waals surface area contributed by atoms with Crippen molar-refractivity contribution in [3.05, 3.63) is 47.5 Å². The number of carbonyl (C=O) groups is 1. The van der Waals surface area contributed by atoms with E-state index in [1.165, 1.54) is 25.7 Å². The summed E-state index contributed by atoms with van der Waals surface area (Å²) in [5.74, 6) is 0.0157. The monoisotopic (exact) mass is 372 g/mol. The van der Waals surface area contributed by atoms with Crippen LogP contribution in [0.25, 0.3) is 0 Å². The van der Waals surface area contributed by atoms with E-state index in [0.29, 0.717) is 6.42 Å². The van der Waals surface area contributed by atoms with Crippen molar-refractivity contribution in [1.29, 1.82) is 0 Å². The fourth-order valence-electron chi connectivity index (χ4n) is 4.43. The van der Waals surface area contributed by atoms with Crippen LogP contribution < -0.4 is 0 Å². The second-order valence-corrected chi connectivity index (χ2v) is 7.95. The zero-order chi connectivity index (χ0) is 19.5. The van der Waals surface area contributed by atoms with Crippen LogP contribution in [0.15, 0.2) is 47.5 Å². The standard InChI is InChI=1S/C23H32O4/c1-5-7-8-9-10-12-23(25-4)15-20-19-16-26-18(11-6-2)13-17(19)14-21(24)22(20,3)27-23/h6,11,13-14,16,20H,5,7-10,12,15H2,1-4H3. The second kappa shape index (κ2) is 8.15. The van der Waals surface area contributed by atoms with Gasteiger partial charge in [0.05, 0.1) is 6.26 Å². The Morgan fingerprint density at radius 1 is 1.26 bits per heavy atom. The fraction of sp³-hybridized carbons (Fsp3) is 0.609. The molecule has 2 heterocycles. The highest BCUT2D eigenvalue weighted by molar-refractivity contribution is 6.01. The topological polar surface area (TPSA) is 44.8 Å². The molecule has 3 atom stereocenters. The Hall–Kier alpha value is -1.65. The summed E-state index contributed by atoms with van der Waals surface area (Å²) in [6.45, 7) is 6.06. The van der Waals surface area contributed by atoms with E-state index in [1.54, 1.807) is 19.4 Å². The van der Waals surface area contributed by atoms with E-state index in [0.717, 1.165) is 29.7 Å². The normalized spacial score (nSPS) is 32.5. The minimum Gasteiger partial charge on any atom is -0.465 e. The van der Waals surface area contributed by atoms with Crippen LogP contribution >= 0.6 is 0 Å². The van der Waals surface area contributed by atoms with E-state index in [9.17, 15) is 4.79 Å². The molecule has 0 radical (unpaired) electrons. The molecule has 0 N–H and O–H groups in total. The summed E-state index contributed by atoms with van der Waals surface area (Å²) >= 11 is 0. The van der Waals surface area contributed by atoms with Gasteiger partial charge in [-0.25, -0.2) is 0 Å². The first-order chi connectivity index (χ1) is 13.0. The number of allylic oxidation sites excluding steroid dienone is 4. The van der Waals surface area contributed by atoms with Gasteiger partial charge in [0.1, 0.15) is 11.4 Å². The molecule has 4 nitrogen and oxygen atoms in total. The van der Waals surface area contributed by atoms with Crippen LogP contribution in [0.2, 0.25) is 0 Å². The molecule has 0 aromatic carbocycles. The van der Waals surface area contributed by atoms with Gasteiger partial charge >= 0.3 is 0 Å². The van der Waals surface area contributed by atoms with Gasteiger partial charge in [0, 0.05) is 31.4 Å². The van der Waals surface area contributed by atoms with E-state index in [-0.39, 0.29) is 11.7 Å². The van der Waals surface area contributed by atoms with E-state index < -0.39 is 11.4 Å². The Balaban J connectivity index is 1.79. The summed E-state index contributed by atoms with van der Waals surface area (Å²) in [6, 6.07) is 0. The maximum Gasteiger partial charge on any atom is 0.188 e. The summed E-state index contributed by atoms with van der Waals surface area (Å²) in [4.78, 5) is 13.0. The quantitative estimate of drug-likeness (QED) is 0.538. The molecule has 3 unspecified atom stereocenters. The number of hydrogen-bond acceptors (Lipinski definition) is 4. The first kappa shape index (κ1) is 20.1. The molecule has 3 aliphatic rings. The fourth-order valence-corrected chi connectivity index (χ4v) is 4.43. The average Bonchev–Trinajstić information content (AvgIpc) is 2.97. The smallest absolute Gasteiger partial charge is 0.188 e. The van der Waals surface area contributed by atoms with Gasteiger partial charge in [0.2, 0.25) is 0 Å². The van der Waals surface area contributed by atoms with Crippen LogP contribution in [-0.2, 0) is 19.0 Å². The molecule has 0 bridgehead atoms. The highest BCUT2D eigenvalue weighted by atomic mass is 16.7. The van der Waals surface area contributed by atoms with Gasteiger partial charge in [-0.05, 0) is 44.1 Å². The zero-order valence-corrected chi connectivity index (χ0v) is 17.0. The average molecular weight is 373 g/mol. The molecular formula is C23H32O4. The first-order valence-electron chi connectivity index (χ1n) is 10.2. The third-order valence-electron chi connectivity index (χ3n) is 6.05. The van der Waals surface area contributed by atoms with Crippen molar-refractivity contribution in [2.75, 3.05) is 7.11 Å². The third kappa shape index (κ3) is 3.83. The molecule has 1 fully saturated rings. The molecule has 0 amide bonds. The van der Waals surface area contributed by atoms with Crippen LogP contribution in [0.1, 0.15) is 65.7 Å². The molecule has 0 spiro atoms. The van der Waals surface area contributed by atoms with E-state index in [4.69, 9.17) is 14.2 Å². The molecule has 3 rings (SSSR count). The Morgan fingerprint density at radius 2 is 2.04 bits per heavy atom. The Labute approximate surface area is 162 Å². The third-order valence-corrected chi connectivity index (χ3v) is 6.05. The second-order valence-electron chi connectivity index (χ2n) is 7.95. The molecule has 1 saturated heterocycles. The minimum atomic E-state index is -0.885. The number of rotatable bonds is 8. The zero-order valence-electron chi connectivity index (χ0n) is 17.0. The van der Waals surface area contributed by atoms with Gasteiger partial charge in [-0.3, -0.25) is 4.79 Å². The lowest BCUT2D eigenvalue weighted by Gasteiger charge is -2.35. The first-order valence-corrected chi connectivity index (χ1v) is 10.2. The summed E-state index contributed by atoms with van der Waals surface area (Å²) in [7, 11) is 1.70. The highest BCUT2D eigenvalue weighted by Crippen LogP contribution is 2.53. The van der Waals surface area contributed by atoms with Gasteiger partial charge in [-0.15, -0.1) is 0 Å². The Bertz CT molecular complexity index is 699. The molecule has 0 saturated carbocycles. The summed E-state index contributed by atoms with van der Waals surface area (Å²) < 4.78 is 18.0. The molecule has 0 aromatic heterocycles. The molecular weight excluding hydrogens is 340 g/mol. The predicted molar refractivity (Wildman–Crippen MR) is 106 cm³/mol. The van der Waals surface area contributed by atoms with Crippen molar-refractivity contribution in [1.82, 2.24) is 0 Å². The van der Waals surface area contributed by atoms with Gasteiger partial charge in [-0.2, -0.15) is 0 Å². The van der Waals surface area contributed by atoms with Crippen molar-refractivity contribution >= 4 is 5.78 Å². The molecule has 148 valence electrons. The maximum atomic E-state index is 13.0. The maximum absolute atomic E-state index is 13.0. The molecule has 27 heavy (non-hydrogen) atoms. The number of unbranched alkanes of at least 4 members (excludes halogenated alkanes) is 4. The van der Waals surface area contributed by atoms with Crippen molar-refractivity contribution in [3.8, 4) is 0 Å². The summed E-state index contributed by atoms with van der Waals surface area (Å²) in [5, 5.41) is 0.